The fraction of sp³-hybridized carbons (Fsp3) is 0.462. The number of nitrogens with one attached hydrogen (secondary N) is 1. The molecular weight excluding hydrogens is 214 g/mol. The summed E-state index contributed by atoms with van der Waals surface area (Å²) in [6.45, 7) is 4.40. The number of benzene rings is 1. The first-order valence-electron chi connectivity index (χ1n) is 6.09. The number of amides is 2. The van der Waals surface area contributed by atoms with E-state index in [-0.39, 0.29) is 6.03 Å². The molecule has 1 aromatic rings. The summed E-state index contributed by atoms with van der Waals surface area (Å²) in [5.41, 5.74) is 2.03. The minimum absolute atomic E-state index is 0.0728. The molecule has 2 rings (SSSR count). The summed E-state index contributed by atoms with van der Waals surface area (Å²) in [7, 11) is 1.84. The van der Waals surface area contributed by atoms with Gasteiger partial charge in [-0.25, -0.2) is 4.79 Å². The van der Waals surface area contributed by atoms with Crippen molar-refractivity contribution in [1.29, 1.82) is 0 Å². The van der Waals surface area contributed by atoms with Crippen molar-refractivity contribution in [3.05, 3.63) is 24.3 Å². The Morgan fingerprint density at radius 1 is 1.47 bits per heavy atom. The molecular formula is C13H19N3O. The van der Waals surface area contributed by atoms with E-state index >= 15 is 0 Å². The molecule has 0 atom stereocenters. The molecule has 0 radical (unpaired) electrons. The molecule has 0 bridgehead atoms. The van der Waals surface area contributed by atoms with Crippen LogP contribution in [-0.4, -0.2) is 37.6 Å². The van der Waals surface area contributed by atoms with Gasteiger partial charge in [0.2, 0.25) is 0 Å². The van der Waals surface area contributed by atoms with Crippen LogP contribution < -0.4 is 10.2 Å². The summed E-state index contributed by atoms with van der Waals surface area (Å²) in [6, 6.07) is 8.05. The third-order valence-corrected chi connectivity index (χ3v) is 3.10. The summed E-state index contributed by atoms with van der Waals surface area (Å²) >= 11 is 0. The van der Waals surface area contributed by atoms with E-state index in [9.17, 15) is 4.79 Å². The smallest absolute Gasteiger partial charge is 0.324 e. The number of carbonyl (C=O) groups excluding carboxylic acids is 1. The van der Waals surface area contributed by atoms with Gasteiger partial charge < -0.3 is 10.2 Å². The maximum atomic E-state index is 12.3. The fourth-order valence-electron chi connectivity index (χ4n) is 1.98. The van der Waals surface area contributed by atoms with Crippen molar-refractivity contribution < 1.29 is 4.79 Å². The molecule has 0 saturated heterocycles. The van der Waals surface area contributed by atoms with Gasteiger partial charge in [0.1, 0.15) is 0 Å². The van der Waals surface area contributed by atoms with Gasteiger partial charge in [-0.3, -0.25) is 4.90 Å². The van der Waals surface area contributed by atoms with Crippen molar-refractivity contribution in [2.75, 3.05) is 36.9 Å². The highest BCUT2D eigenvalue weighted by atomic mass is 16.2. The molecule has 92 valence electrons. The van der Waals surface area contributed by atoms with E-state index in [4.69, 9.17) is 0 Å². The molecule has 1 heterocycles. The molecule has 17 heavy (non-hydrogen) atoms. The molecule has 0 saturated carbocycles. The summed E-state index contributed by atoms with van der Waals surface area (Å²) in [5.74, 6) is 0. The van der Waals surface area contributed by atoms with E-state index in [0.29, 0.717) is 0 Å². The zero-order valence-corrected chi connectivity index (χ0v) is 10.4. The van der Waals surface area contributed by atoms with Crippen LogP contribution in [0.2, 0.25) is 0 Å². The van der Waals surface area contributed by atoms with Gasteiger partial charge in [0, 0.05) is 26.7 Å². The lowest BCUT2D eigenvalue weighted by molar-refractivity contribution is 0.217. The number of urea groups is 1. The number of rotatable bonds is 1. The van der Waals surface area contributed by atoms with Crippen molar-refractivity contribution >= 4 is 17.4 Å². The van der Waals surface area contributed by atoms with Gasteiger partial charge in [0.15, 0.2) is 0 Å². The van der Waals surface area contributed by atoms with Crippen LogP contribution in [0, 0.1) is 0 Å². The molecule has 0 fully saturated rings. The van der Waals surface area contributed by atoms with E-state index in [0.717, 1.165) is 37.4 Å². The molecule has 1 aliphatic rings. The molecule has 0 aromatic heterocycles. The average Bonchev–Trinajstić information content (AvgIpc) is 2.59. The number of anilines is 2. The lowest BCUT2D eigenvalue weighted by Gasteiger charge is -2.27. The summed E-state index contributed by atoms with van der Waals surface area (Å²) in [4.78, 5) is 15.9. The number of nitrogens with zero attached hydrogens (tertiary/aromatic N) is 2. The Hall–Kier alpha value is -1.71. The number of hydrogen-bond donors (Lipinski definition) is 1. The lowest BCUT2D eigenvalue weighted by Crippen LogP contribution is -2.41. The zero-order valence-electron chi connectivity index (χ0n) is 10.4. The predicted octanol–water partition coefficient (Wildman–Crippen LogP) is 2.38. The minimum atomic E-state index is 0.0728. The zero-order chi connectivity index (χ0) is 12.3. The van der Waals surface area contributed by atoms with Crippen molar-refractivity contribution in [2.24, 2.45) is 0 Å². The van der Waals surface area contributed by atoms with Crippen LogP contribution in [0.25, 0.3) is 0 Å². The molecule has 4 heteroatoms. The minimum Gasteiger partial charge on any atom is -0.383 e. The lowest BCUT2D eigenvalue weighted by atomic mass is 10.2. The number of para-hydroxylation sites is 2. The first kappa shape index (κ1) is 11.8. The highest BCUT2D eigenvalue weighted by Crippen LogP contribution is 2.28. The SMILES string of the molecule is CCN(C)C(=O)N1CCCNc2ccccc21. The van der Waals surface area contributed by atoms with E-state index in [1.54, 1.807) is 4.90 Å². The topological polar surface area (TPSA) is 35.6 Å². The van der Waals surface area contributed by atoms with Gasteiger partial charge in [0.05, 0.1) is 11.4 Å². The highest BCUT2D eigenvalue weighted by Gasteiger charge is 2.22. The normalized spacial score (nSPS) is 14.6. The third-order valence-electron chi connectivity index (χ3n) is 3.10. The van der Waals surface area contributed by atoms with Crippen molar-refractivity contribution in [2.45, 2.75) is 13.3 Å². The van der Waals surface area contributed by atoms with Crippen LogP contribution in [-0.2, 0) is 0 Å². The molecule has 4 nitrogen and oxygen atoms in total. The molecule has 0 aliphatic carbocycles. The molecule has 1 aromatic carbocycles. The van der Waals surface area contributed by atoms with Gasteiger partial charge in [-0.1, -0.05) is 12.1 Å². The van der Waals surface area contributed by atoms with E-state index in [1.165, 1.54) is 0 Å². The number of fused-ring (bicyclic) bond motifs is 1. The second kappa shape index (κ2) is 5.08. The molecule has 1 aliphatic heterocycles. The van der Waals surface area contributed by atoms with Crippen LogP contribution in [0.15, 0.2) is 24.3 Å². The second-order valence-corrected chi connectivity index (χ2v) is 4.25. The van der Waals surface area contributed by atoms with E-state index in [2.05, 4.69) is 5.32 Å². The van der Waals surface area contributed by atoms with Gasteiger partial charge in [0.25, 0.3) is 0 Å². The Morgan fingerprint density at radius 3 is 3.00 bits per heavy atom. The standard InChI is InChI=1S/C13H19N3O/c1-3-15(2)13(17)16-10-6-9-14-11-7-4-5-8-12(11)16/h4-5,7-8,14H,3,6,9-10H2,1-2H3. The van der Waals surface area contributed by atoms with Crippen LogP contribution in [0.3, 0.4) is 0 Å². The largest absolute Gasteiger partial charge is 0.383 e. The maximum Gasteiger partial charge on any atom is 0.324 e. The van der Waals surface area contributed by atoms with Crippen LogP contribution in [0.4, 0.5) is 16.2 Å². The number of carbonyl (C=O) groups is 1. The maximum absolute atomic E-state index is 12.3. The van der Waals surface area contributed by atoms with E-state index in [1.807, 2.05) is 43.1 Å². The Balaban J connectivity index is 2.31. The van der Waals surface area contributed by atoms with Gasteiger partial charge in [-0.2, -0.15) is 0 Å². The summed E-state index contributed by atoms with van der Waals surface area (Å²) in [6.07, 6.45) is 0.970. The van der Waals surface area contributed by atoms with Gasteiger partial charge in [-0.05, 0) is 25.5 Å². The Labute approximate surface area is 102 Å². The molecule has 2 amide bonds. The Kier molecular flexibility index (Phi) is 3.52. The summed E-state index contributed by atoms with van der Waals surface area (Å²) < 4.78 is 0. The quantitative estimate of drug-likeness (QED) is 0.808. The molecule has 0 spiro atoms. The van der Waals surface area contributed by atoms with Crippen LogP contribution in [0.5, 0.6) is 0 Å². The van der Waals surface area contributed by atoms with Gasteiger partial charge in [-0.15, -0.1) is 0 Å². The van der Waals surface area contributed by atoms with Crippen LogP contribution in [0.1, 0.15) is 13.3 Å². The monoisotopic (exact) mass is 233 g/mol. The predicted molar refractivity (Wildman–Crippen MR) is 70.6 cm³/mol. The van der Waals surface area contributed by atoms with Crippen molar-refractivity contribution in [3.8, 4) is 0 Å². The van der Waals surface area contributed by atoms with E-state index < -0.39 is 0 Å². The highest BCUT2D eigenvalue weighted by molar-refractivity contribution is 5.95. The Morgan fingerprint density at radius 2 is 2.24 bits per heavy atom. The van der Waals surface area contributed by atoms with Crippen molar-refractivity contribution in [1.82, 2.24) is 4.90 Å². The fourth-order valence-corrected chi connectivity index (χ4v) is 1.98. The Bertz CT molecular complexity index is 405. The van der Waals surface area contributed by atoms with Gasteiger partial charge >= 0.3 is 6.03 Å². The number of hydrogen-bond acceptors (Lipinski definition) is 2. The van der Waals surface area contributed by atoms with Crippen molar-refractivity contribution in [3.63, 3.8) is 0 Å². The molecule has 0 unspecified atom stereocenters. The first-order chi connectivity index (χ1) is 8.24. The van der Waals surface area contributed by atoms with Crippen LogP contribution >= 0.6 is 0 Å². The first-order valence-corrected chi connectivity index (χ1v) is 6.09. The average molecular weight is 233 g/mol. The third kappa shape index (κ3) is 2.35. The molecule has 1 N–H and O–H groups in total. The summed E-state index contributed by atoms with van der Waals surface area (Å²) in [5, 5.41) is 3.35. The second-order valence-electron chi connectivity index (χ2n) is 4.25.